The van der Waals surface area contributed by atoms with Crippen molar-refractivity contribution < 1.29 is 23.8 Å². The van der Waals surface area contributed by atoms with Crippen LogP contribution in [0.25, 0.3) is 0 Å². The van der Waals surface area contributed by atoms with Gasteiger partial charge in [0.2, 0.25) is 0 Å². The molecule has 23 heavy (non-hydrogen) atoms. The molecule has 5 nitrogen and oxygen atoms in total. The van der Waals surface area contributed by atoms with Crippen molar-refractivity contribution in [2.45, 2.75) is 13.5 Å². The Balaban J connectivity index is 1.81. The van der Waals surface area contributed by atoms with Crippen LogP contribution >= 0.6 is 0 Å². The molecule has 1 amide bonds. The first-order valence-electron chi connectivity index (χ1n) is 6.93. The minimum Gasteiger partial charge on any atom is -0.507 e. The minimum atomic E-state index is -0.778. The summed E-state index contributed by atoms with van der Waals surface area (Å²) in [5.41, 5.74) is 1.53. The second-order valence-corrected chi connectivity index (χ2v) is 5.00. The van der Waals surface area contributed by atoms with Crippen LogP contribution in [0.15, 0.2) is 42.5 Å². The molecule has 0 unspecified atom stereocenters. The number of halogens is 1. The normalized spacial score (nSPS) is 10.2. The zero-order chi connectivity index (χ0) is 16.8. The van der Waals surface area contributed by atoms with E-state index in [1.54, 1.807) is 25.1 Å². The van der Waals surface area contributed by atoms with E-state index in [0.717, 1.165) is 11.1 Å². The molecule has 0 bridgehead atoms. The third kappa shape index (κ3) is 4.81. The average molecular weight is 317 g/mol. The van der Waals surface area contributed by atoms with Crippen LogP contribution in [-0.4, -0.2) is 23.6 Å². The molecule has 0 aliphatic rings. The Bertz CT molecular complexity index is 713. The fraction of sp³-hybridized carbons (Fsp3) is 0.176. The highest BCUT2D eigenvalue weighted by Crippen LogP contribution is 2.19. The van der Waals surface area contributed by atoms with Gasteiger partial charge in [0.25, 0.3) is 5.91 Å². The number of hydrogen-bond acceptors (Lipinski definition) is 4. The number of esters is 1. The van der Waals surface area contributed by atoms with E-state index in [2.05, 4.69) is 5.32 Å². The molecule has 2 aromatic rings. The van der Waals surface area contributed by atoms with Crippen LogP contribution < -0.4 is 5.32 Å². The number of amides is 1. The van der Waals surface area contributed by atoms with Gasteiger partial charge in [-0.05, 0) is 42.3 Å². The van der Waals surface area contributed by atoms with Gasteiger partial charge in [0.1, 0.15) is 17.1 Å². The van der Waals surface area contributed by atoms with Crippen LogP contribution in [0.5, 0.6) is 5.75 Å². The molecule has 2 rings (SSSR count). The summed E-state index contributed by atoms with van der Waals surface area (Å²) < 4.78 is 17.6. The summed E-state index contributed by atoms with van der Waals surface area (Å²) >= 11 is 0. The summed E-state index contributed by atoms with van der Waals surface area (Å²) in [6, 6.07) is 10.2. The van der Waals surface area contributed by atoms with Crippen molar-refractivity contribution >= 4 is 11.9 Å². The number of aryl methyl sites for hydroxylation is 1. The number of ether oxygens (including phenoxy) is 1. The SMILES string of the molecule is Cc1ccc(C(=O)OCC(=O)NCc2ccc(F)cc2)c(O)c1. The van der Waals surface area contributed by atoms with Crippen LogP contribution in [0.3, 0.4) is 0 Å². The molecule has 2 aromatic carbocycles. The summed E-state index contributed by atoms with van der Waals surface area (Å²) in [5.74, 6) is -1.82. The van der Waals surface area contributed by atoms with Gasteiger partial charge in [-0.2, -0.15) is 0 Å². The lowest BCUT2D eigenvalue weighted by atomic mass is 10.1. The molecule has 0 radical (unpaired) electrons. The van der Waals surface area contributed by atoms with Crippen molar-refractivity contribution in [3.05, 3.63) is 65.0 Å². The number of aromatic hydroxyl groups is 1. The Kier molecular flexibility index (Phi) is 5.30. The number of carbonyl (C=O) groups excluding carboxylic acids is 2. The third-order valence-corrected chi connectivity index (χ3v) is 3.11. The lowest BCUT2D eigenvalue weighted by molar-refractivity contribution is -0.124. The quantitative estimate of drug-likeness (QED) is 0.830. The van der Waals surface area contributed by atoms with Crippen LogP contribution in [0.4, 0.5) is 4.39 Å². The Labute approximate surface area is 132 Å². The molecule has 0 saturated heterocycles. The summed E-state index contributed by atoms with van der Waals surface area (Å²) in [6.07, 6.45) is 0. The molecule has 0 heterocycles. The molecule has 0 saturated carbocycles. The largest absolute Gasteiger partial charge is 0.507 e. The van der Waals surface area contributed by atoms with Crippen molar-refractivity contribution in [1.29, 1.82) is 0 Å². The standard InChI is InChI=1S/C17H16FNO4/c1-11-2-7-14(15(20)8-11)17(22)23-10-16(21)19-9-12-3-5-13(18)6-4-12/h2-8,20H,9-10H2,1H3,(H,19,21). The Morgan fingerprint density at radius 3 is 2.52 bits per heavy atom. The molecule has 0 atom stereocenters. The highest BCUT2D eigenvalue weighted by atomic mass is 19.1. The Hall–Kier alpha value is -2.89. The minimum absolute atomic E-state index is 0.00179. The summed E-state index contributed by atoms with van der Waals surface area (Å²) in [6.45, 7) is 1.51. The molecule has 0 aliphatic heterocycles. The van der Waals surface area contributed by atoms with Crippen molar-refractivity contribution in [2.75, 3.05) is 6.61 Å². The first kappa shape index (κ1) is 16.5. The molecule has 120 valence electrons. The maximum atomic E-state index is 12.7. The monoisotopic (exact) mass is 317 g/mol. The van der Waals surface area contributed by atoms with Crippen LogP contribution in [-0.2, 0) is 16.1 Å². The molecular weight excluding hydrogens is 301 g/mol. The highest BCUT2D eigenvalue weighted by molar-refractivity contribution is 5.93. The number of phenolic OH excluding ortho intramolecular Hbond substituents is 1. The van der Waals surface area contributed by atoms with Crippen molar-refractivity contribution in [2.24, 2.45) is 0 Å². The Morgan fingerprint density at radius 1 is 1.17 bits per heavy atom. The highest BCUT2D eigenvalue weighted by Gasteiger charge is 2.14. The molecule has 0 fully saturated rings. The second-order valence-electron chi connectivity index (χ2n) is 5.00. The van der Waals surface area contributed by atoms with Crippen LogP contribution in [0, 0.1) is 12.7 Å². The van der Waals surface area contributed by atoms with E-state index >= 15 is 0 Å². The average Bonchev–Trinajstić information content (AvgIpc) is 2.52. The van der Waals surface area contributed by atoms with E-state index in [9.17, 15) is 19.1 Å². The first-order valence-corrected chi connectivity index (χ1v) is 6.93. The van der Waals surface area contributed by atoms with E-state index < -0.39 is 18.5 Å². The number of benzene rings is 2. The van der Waals surface area contributed by atoms with Crippen molar-refractivity contribution in [3.63, 3.8) is 0 Å². The van der Waals surface area contributed by atoms with Crippen molar-refractivity contribution in [3.8, 4) is 5.75 Å². The maximum absolute atomic E-state index is 12.7. The lowest BCUT2D eigenvalue weighted by Gasteiger charge is -2.08. The number of carbonyl (C=O) groups is 2. The Morgan fingerprint density at radius 2 is 1.87 bits per heavy atom. The van der Waals surface area contributed by atoms with Gasteiger partial charge >= 0.3 is 5.97 Å². The van der Waals surface area contributed by atoms with Crippen LogP contribution in [0.1, 0.15) is 21.5 Å². The van der Waals surface area contributed by atoms with Gasteiger partial charge in [-0.1, -0.05) is 18.2 Å². The zero-order valence-corrected chi connectivity index (χ0v) is 12.5. The van der Waals surface area contributed by atoms with Gasteiger partial charge < -0.3 is 15.2 Å². The molecule has 0 aromatic heterocycles. The summed E-state index contributed by atoms with van der Waals surface area (Å²) in [7, 11) is 0. The van der Waals surface area contributed by atoms with E-state index in [-0.39, 0.29) is 23.7 Å². The maximum Gasteiger partial charge on any atom is 0.342 e. The van der Waals surface area contributed by atoms with Crippen LogP contribution in [0.2, 0.25) is 0 Å². The van der Waals surface area contributed by atoms with Gasteiger partial charge in [0.05, 0.1) is 0 Å². The number of rotatable bonds is 5. The molecule has 2 N–H and O–H groups in total. The van der Waals surface area contributed by atoms with Gasteiger partial charge in [0.15, 0.2) is 6.61 Å². The summed E-state index contributed by atoms with van der Waals surface area (Å²) in [5, 5.41) is 12.2. The second kappa shape index (κ2) is 7.40. The van der Waals surface area contributed by atoms with E-state index in [4.69, 9.17) is 4.74 Å². The fourth-order valence-electron chi connectivity index (χ4n) is 1.88. The van der Waals surface area contributed by atoms with Gasteiger partial charge in [-0.3, -0.25) is 4.79 Å². The predicted octanol–water partition coefficient (Wildman–Crippen LogP) is 2.31. The van der Waals surface area contributed by atoms with Crippen molar-refractivity contribution in [1.82, 2.24) is 5.32 Å². The number of nitrogens with one attached hydrogen (secondary N) is 1. The van der Waals surface area contributed by atoms with Gasteiger partial charge in [-0.15, -0.1) is 0 Å². The number of phenols is 1. The molecule has 6 heteroatoms. The topological polar surface area (TPSA) is 75.6 Å². The van der Waals surface area contributed by atoms with Gasteiger partial charge in [-0.25, -0.2) is 9.18 Å². The number of hydrogen-bond donors (Lipinski definition) is 2. The fourth-order valence-corrected chi connectivity index (χ4v) is 1.88. The third-order valence-electron chi connectivity index (χ3n) is 3.11. The zero-order valence-electron chi connectivity index (χ0n) is 12.5. The van der Waals surface area contributed by atoms with E-state index in [1.165, 1.54) is 24.3 Å². The smallest absolute Gasteiger partial charge is 0.342 e. The lowest BCUT2D eigenvalue weighted by Crippen LogP contribution is -2.28. The molecular formula is C17H16FNO4. The van der Waals surface area contributed by atoms with E-state index in [0.29, 0.717) is 0 Å². The first-order chi connectivity index (χ1) is 11.0. The van der Waals surface area contributed by atoms with Gasteiger partial charge in [0, 0.05) is 6.54 Å². The summed E-state index contributed by atoms with van der Waals surface area (Å²) in [4.78, 5) is 23.4. The predicted molar refractivity (Wildman–Crippen MR) is 81.4 cm³/mol. The molecule has 0 aliphatic carbocycles. The molecule has 0 spiro atoms. The van der Waals surface area contributed by atoms with E-state index in [1.807, 2.05) is 0 Å².